The molecule has 0 unspecified atom stereocenters. The Kier molecular flexibility index (Phi) is 5.05. The first kappa shape index (κ1) is 16.1. The molecule has 5 nitrogen and oxygen atoms in total. The van der Waals surface area contributed by atoms with E-state index in [1.807, 2.05) is 30.3 Å². The summed E-state index contributed by atoms with van der Waals surface area (Å²) >= 11 is 1.48. The maximum absolute atomic E-state index is 12.5. The molecule has 1 amide bonds. The average Bonchev–Trinajstić information content (AvgIpc) is 3.03. The summed E-state index contributed by atoms with van der Waals surface area (Å²) in [4.78, 5) is 18.6. The summed E-state index contributed by atoms with van der Waals surface area (Å²) in [7, 11) is 0. The second-order valence-corrected chi connectivity index (χ2v) is 6.78. The van der Waals surface area contributed by atoms with Gasteiger partial charge >= 0.3 is 0 Å². The molecular formula is C17H20N2O3S. The number of likely N-dealkylation sites (tertiary alicyclic amines) is 1. The molecule has 0 bridgehead atoms. The van der Waals surface area contributed by atoms with Gasteiger partial charge in [-0.2, -0.15) is 0 Å². The third-order valence-corrected chi connectivity index (χ3v) is 5.06. The molecule has 1 aromatic carbocycles. The van der Waals surface area contributed by atoms with Crippen LogP contribution < -0.4 is 0 Å². The van der Waals surface area contributed by atoms with Gasteiger partial charge in [-0.3, -0.25) is 4.79 Å². The SMILES string of the molecule is O=C(c1csc(Cc2ccccc2)n1)N1CC[C@@H](CO)[C@H](O)C1. The zero-order chi connectivity index (χ0) is 16.2. The predicted molar refractivity (Wildman–Crippen MR) is 88.5 cm³/mol. The smallest absolute Gasteiger partial charge is 0.273 e. The van der Waals surface area contributed by atoms with E-state index >= 15 is 0 Å². The number of carbonyl (C=O) groups excluding carboxylic acids is 1. The van der Waals surface area contributed by atoms with Crippen molar-refractivity contribution in [1.82, 2.24) is 9.88 Å². The molecule has 2 atom stereocenters. The fraction of sp³-hybridized carbons (Fsp3) is 0.412. The maximum atomic E-state index is 12.5. The lowest BCUT2D eigenvalue weighted by atomic mass is 9.94. The van der Waals surface area contributed by atoms with E-state index in [1.165, 1.54) is 16.9 Å². The van der Waals surface area contributed by atoms with E-state index < -0.39 is 6.10 Å². The molecule has 0 aliphatic carbocycles. The molecule has 2 N–H and O–H groups in total. The lowest BCUT2D eigenvalue weighted by Gasteiger charge is -2.34. The Hall–Kier alpha value is -1.76. The molecule has 6 heteroatoms. The van der Waals surface area contributed by atoms with Gasteiger partial charge < -0.3 is 15.1 Å². The molecule has 0 radical (unpaired) electrons. The van der Waals surface area contributed by atoms with Crippen LogP contribution in [0.5, 0.6) is 0 Å². The van der Waals surface area contributed by atoms with Gasteiger partial charge in [-0.15, -0.1) is 11.3 Å². The first-order valence-electron chi connectivity index (χ1n) is 7.74. The van der Waals surface area contributed by atoms with Gasteiger partial charge in [-0.1, -0.05) is 30.3 Å². The van der Waals surface area contributed by atoms with E-state index in [4.69, 9.17) is 0 Å². The maximum Gasteiger partial charge on any atom is 0.273 e. The fourth-order valence-electron chi connectivity index (χ4n) is 2.80. The molecule has 2 aromatic rings. The van der Waals surface area contributed by atoms with Gasteiger partial charge in [0.2, 0.25) is 0 Å². The van der Waals surface area contributed by atoms with Crippen LogP contribution in [0.15, 0.2) is 35.7 Å². The van der Waals surface area contributed by atoms with Crippen molar-refractivity contribution in [2.45, 2.75) is 18.9 Å². The standard InChI is InChI=1S/C17H20N2O3S/c20-10-13-6-7-19(9-15(13)21)17(22)14-11-23-16(18-14)8-12-4-2-1-3-5-12/h1-5,11,13,15,20-21H,6-10H2/t13-,15+/m0/s1. The fourth-order valence-corrected chi connectivity index (χ4v) is 3.60. The first-order chi connectivity index (χ1) is 11.2. The number of piperidine rings is 1. The summed E-state index contributed by atoms with van der Waals surface area (Å²) in [6.45, 7) is 0.767. The van der Waals surface area contributed by atoms with Gasteiger partial charge in [0.05, 0.1) is 11.1 Å². The number of amides is 1. The van der Waals surface area contributed by atoms with Crippen LogP contribution in [0.25, 0.3) is 0 Å². The van der Waals surface area contributed by atoms with Gasteiger partial charge in [-0.25, -0.2) is 4.98 Å². The highest BCUT2D eigenvalue weighted by molar-refractivity contribution is 7.09. The molecule has 1 saturated heterocycles. The molecule has 122 valence electrons. The van der Waals surface area contributed by atoms with Gasteiger partial charge in [-0.05, 0) is 12.0 Å². The van der Waals surface area contributed by atoms with E-state index in [-0.39, 0.29) is 25.0 Å². The summed E-state index contributed by atoms with van der Waals surface area (Å²) < 4.78 is 0. The first-order valence-corrected chi connectivity index (χ1v) is 8.62. The molecule has 0 spiro atoms. The third-order valence-electron chi connectivity index (χ3n) is 4.21. The third kappa shape index (κ3) is 3.77. The number of rotatable bonds is 4. The molecule has 23 heavy (non-hydrogen) atoms. The quantitative estimate of drug-likeness (QED) is 0.891. The number of hydrogen-bond donors (Lipinski definition) is 2. The summed E-state index contributed by atoms with van der Waals surface area (Å²) in [6, 6.07) is 10.0. The van der Waals surface area contributed by atoms with Crippen LogP contribution in [0, 0.1) is 5.92 Å². The number of carbonyl (C=O) groups is 1. The minimum absolute atomic E-state index is 0.0406. The summed E-state index contributed by atoms with van der Waals surface area (Å²) in [5, 5.41) is 21.8. The molecule has 3 rings (SSSR count). The highest BCUT2D eigenvalue weighted by Crippen LogP contribution is 2.21. The lowest BCUT2D eigenvalue weighted by molar-refractivity contribution is 0.000684. The van der Waals surface area contributed by atoms with Crippen LogP contribution in [-0.2, 0) is 6.42 Å². The predicted octanol–water partition coefficient (Wildman–Crippen LogP) is 1.55. The Balaban J connectivity index is 1.65. The van der Waals surface area contributed by atoms with Crippen molar-refractivity contribution in [2.75, 3.05) is 19.7 Å². The Bertz CT molecular complexity index is 659. The van der Waals surface area contributed by atoms with Crippen LogP contribution in [0.1, 0.15) is 27.5 Å². The number of aliphatic hydroxyl groups excluding tert-OH is 2. The van der Waals surface area contributed by atoms with Crippen molar-refractivity contribution in [3.63, 3.8) is 0 Å². The summed E-state index contributed by atoms with van der Waals surface area (Å²) in [6.07, 6.45) is 0.665. The van der Waals surface area contributed by atoms with Crippen molar-refractivity contribution < 1.29 is 15.0 Å². The number of thiazole rings is 1. The highest BCUT2D eigenvalue weighted by Gasteiger charge is 2.30. The number of nitrogens with zero attached hydrogens (tertiary/aromatic N) is 2. The largest absolute Gasteiger partial charge is 0.396 e. The second-order valence-electron chi connectivity index (χ2n) is 5.84. The van der Waals surface area contributed by atoms with Crippen LogP contribution in [0.3, 0.4) is 0 Å². The number of β-amino-alcohol motifs (C(OH)–C–C–N with tert-alkyl or cyclic N) is 1. The van der Waals surface area contributed by atoms with Crippen molar-refractivity contribution in [3.8, 4) is 0 Å². The molecular weight excluding hydrogens is 312 g/mol. The van der Waals surface area contributed by atoms with Crippen molar-refractivity contribution in [2.24, 2.45) is 5.92 Å². The zero-order valence-corrected chi connectivity index (χ0v) is 13.6. The number of aliphatic hydroxyl groups is 2. The van der Waals surface area contributed by atoms with E-state index in [9.17, 15) is 15.0 Å². The Morgan fingerprint density at radius 2 is 2.13 bits per heavy atom. The van der Waals surface area contributed by atoms with Crippen molar-refractivity contribution in [1.29, 1.82) is 0 Å². The Morgan fingerprint density at radius 3 is 2.83 bits per heavy atom. The Labute approximate surface area is 139 Å². The van der Waals surface area contributed by atoms with Crippen LogP contribution in [0.4, 0.5) is 0 Å². The van der Waals surface area contributed by atoms with Gasteiger partial charge in [0.25, 0.3) is 5.91 Å². The zero-order valence-electron chi connectivity index (χ0n) is 12.8. The highest BCUT2D eigenvalue weighted by atomic mass is 32.1. The summed E-state index contributed by atoms with van der Waals surface area (Å²) in [5.74, 6) is -0.279. The number of aromatic nitrogens is 1. The topological polar surface area (TPSA) is 73.7 Å². The van der Waals surface area contributed by atoms with Gasteiger partial charge in [0.1, 0.15) is 5.69 Å². The van der Waals surface area contributed by atoms with Gasteiger partial charge in [0.15, 0.2) is 0 Å². The van der Waals surface area contributed by atoms with Crippen molar-refractivity contribution in [3.05, 3.63) is 52.0 Å². The minimum Gasteiger partial charge on any atom is -0.396 e. The van der Waals surface area contributed by atoms with E-state index in [2.05, 4.69) is 4.98 Å². The second kappa shape index (κ2) is 7.21. The van der Waals surface area contributed by atoms with Gasteiger partial charge in [0, 0.05) is 37.4 Å². The van der Waals surface area contributed by atoms with E-state index in [0.717, 1.165) is 5.01 Å². The van der Waals surface area contributed by atoms with Crippen LogP contribution >= 0.6 is 11.3 Å². The minimum atomic E-state index is -0.667. The lowest BCUT2D eigenvalue weighted by Crippen LogP contribution is -2.47. The van der Waals surface area contributed by atoms with Crippen LogP contribution in [-0.4, -0.2) is 51.8 Å². The molecule has 0 saturated carbocycles. The number of benzene rings is 1. The molecule has 1 aliphatic heterocycles. The summed E-state index contributed by atoms with van der Waals surface area (Å²) in [5.41, 5.74) is 1.61. The van der Waals surface area contributed by atoms with Crippen molar-refractivity contribution >= 4 is 17.2 Å². The van der Waals surface area contributed by atoms with E-state index in [0.29, 0.717) is 25.1 Å². The monoisotopic (exact) mass is 332 g/mol. The molecule has 2 heterocycles. The molecule has 1 aliphatic rings. The normalized spacial score (nSPS) is 21.4. The Morgan fingerprint density at radius 1 is 1.35 bits per heavy atom. The molecule has 1 aromatic heterocycles. The molecule has 1 fully saturated rings. The van der Waals surface area contributed by atoms with E-state index in [1.54, 1.807) is 10.3 Å². The number of hydrogen-bond acceptors (Lipinski definition) is 5. The average molecular weight is 332 g/mol. The van der Waals surface area contributed by atoms with Crippen LogP contribution in [0.2, 0.25) is 0 Å².